The van der Waals surface area contributed by atoms with E-state index in [0.29, 0.717) is 3.57 Å². The van der Waals surface area contributed by atoms with Crippen molar-refractivity contribution < 1.29 is 4.39 Å². The third-order valence-corrected chi connectivity index (χ3v) is 1.74. The van der Waals surface area contributed by atoms with E-state index in [1.54, 1.807) is 0 Å². The number of nitrogens with zero attached hydrogens (tertiary/aromatic N) is 2. The largest absolute Gasteiger partial charge is 0.241 e. The van der Waals surface area contributed by atoms with Crippen molar-refractivity contribution in [1.29, 1.82) is 5.26 Å². The molecule has 0 aliphatic rings. The maximum atomic E-state index is 12.3. The SMILES string of the molecule is N#Cc1ncc(F)cc1I. The van der Waals surface area contributed by atoms with Crippen molar-refractivity contribution in [2.75, 3.05) is 0 Å². The predicted octanol–water partition coefficient (Wildman–Crippen LogP) is 1.70. The van der Waals surface area contributed by atoms with Gasteiger partial charge in [-0.3, -0.25) is 0 Å². The van der Waals surface area contributed by atoms with Crippen molar-refractivity contribution >= 4 is 22.6 Å². The maximum Gasteiger partial charge on any atom is 0.153 e. The van der Waals surface area contributed by atoms with Crippen molar-refractivity contribution in [2.45, 2.75) is 0 Å². The van der Waals surface area contributed by atoms with Crippen LogP contribution in [0.15, 0.2) is 12.3 Å². The van der Waals surface area contributed by atoms with Gasteiger partial charge in [-0.25, -0.2) is 9.37 Å². The quantitative estimate of drug-likeness (QED) is 0.655. The molecule has 1 heterocycles. The molecule has 0 spiro atoms. The number of rotatable bonds is 0. The monoisotopic (exact) mass is 248 g/mol. The standard InChI is InChI=1S/C6H2FIN2/c7-4-1-5(8)6(2-9)10-3-4/h1,3H. The van der Waals surface area contributed by atoms with E-state index in [1.165, 1.54) is 6.07 Å². The number of pyridine rings is 1. The van der Waals surface area contributed by atoms with Crippen molar-refractivity contribution in [3.05, 3.63) is 27.3 Å². The molecule has 2 nitrogen and oxygen atoms in total. The van der Waals surface area contributed by atoms with Gasteiger partial charge in [-0.2, -0.15) is 5.26 Å². The zero-order valence-corrected chi connectivity index (χ0v) is 6.96. The molecule has 0 aromatic carbocycles. The summed E-state index contributed by atoms with van der Waals surface area (Å²) in [6, 6.07) is 3.11. The van der Waals surface area contributed by atoms with Crippen molar-refractivity contribution in [2.24, 2.45) is 0 Å². The van der Waals surface area contributed by atoms with Crippen LogP contribution in [0.2, 0.25) is 0 Å². The van der Waals surface area contributed by atoms with Gasteiger partial charge in [0.25, 0.3) is 0 Å². The summed E-state index contributed by atoms with van der Waals surface area (Å²) in [5.41, 5.74) is 0.266. The van der Waals surface area contributed by atoms with E-state index in [2.05, 4.69) is 4.98 Å². The number of halogens is 2. The zero-order chi connectivity index (χ0) is 7.56. The lowest BCUT2D eigenvalue weighted by Gasteiger charge is -1.91. The van der Waals surface area contributed by atoms with E-state index in [-0.39, 0.29) is 5.69 Å². The molecule has 0 saturated heterocycles. The Bertz CT molecular complexity index is 292. The predicted molar refractivity (Wildman–Crippen MR) is 41.6 cm³/mol. The van der Waals surface area contributed by atoms with Gasteiger partial charge in [0.1, 0.15) is 11.9 Å². The Hall–Kier alpha value is -0.700. The average molecular weight is 248 g/mol. The lowest BCUT2D eigenvalue weighted by atomic mass is 10.4. The van der Waals surface area contributed by atoms with Crippen molar-refractivity contribution in [3.63, 3.8) is 0 Å². The highest BCUT2D eigenvalue weighted by atomic mass is 127. The fraction of sp³-hybridized carbons (Fsp3) is 0. The van der Waals surface area contributed by atoms with Crippen LogP contribution in [-0.4, -0.2) is 4.98 Å². The molecule has 0 N–H and O–H groups in total. The van der Waals surface area contributed by atoms with E-state index < -0.39 is 5.82 Å². The first-order valence-corrected chi connectivity index (χ1v) is 3.53. The van der Waals surface area contributed by atoms with Crippen LogP contribution in [0.4, 0.5) is 4.39 Å². The normalized spacial score (nSPS) is 8.90. The molecule has 0 saturated carbocycles. The van der Waals surface area contributed by atoms with Crippen LogP contribution in [0, 0.1) is 20.7 Å². The summed E-state index contributed by atoms with van der Waals surface area (Å²) in [7, 11) is 0. The molecule has 0 bridgehead atoms. The number of nitriles is 1. The van der Waals surface area contributed by atoms with Gasteiger partial charge < -0.3 is 0 Å². The fourth-order valence-corrected chi connectivity index (χ4v) is 1.05. The van der Waals surface area contributed by atoms with E-state index >= 15 is 0 Å². The summed E-state index contributed by atoms with van der Waals surface area (Å²) >= 11 is 1.86. The van der Waals surface area contributed by atoms with E-state index in [4.69, 9.17) is 5.26 Å². The summed E-state index contributed by atoms with van der Waals surface area (Å²) in [4.78, 5) is 3.55. The zero-order valence-electron chi connectivity index (χ0n) is 4.81. The minimum absolute atomic E-state index is 0.266. The lowest BCUT2D eigenvalue weighted by molar-refractivity contribution is 0.619. The molecule has 1 rings (SSSR count). The van der Waals surface area contributed by atoms with Crippen LogP contribution >= 0.6 is 22.6 Å². The molecule has 0 unspecified atom stereocenters. The molecule has 50 valence electrons. The molecule has 0 fully saturated rings. The van der Waals surface area contributed by atoms with Gasteiger partial charge in [0.2, 0.25) is 0 Å². The van der Waals surface area contributed by atoms with Crippen LogP contribution in [0.5, 0.6) is 0 Å². The minimum Gasteiger partial charge on any atom is -0.241 e. The van der Waals surface area contributed by atoms with Gasteiger partial charge in [0.05, 0.1) is 9.77 Å². The molecule has 10 heavy (non-hydrogen) atoms. The molecule has 1 aromatic rings. The summed E-state index contributed by atoms with van der Waals surface area (Å²) in [6.45, 7) is 0. The summed E-state index contributed by atoms with van der Waals surface area (Å²) < 4.78 is 12.8. The summed E-state index contributed by atoms with van der Waals surface area (Å²) in [5.74, 6) is -0.414. The molecule has 0 aliphatic carbocycles. The number of hydrogen-bond donors (Lipinski definition) is 0. The molecule has 0 amide bonds. The van der Waals surface area contributed by atoms with Crippen LogP contribution < -0.4 is 0 Å². The molecule has 1 aromatic heterocycles. The van der Waals surface area contributed by atoms with Crippen LogP contribution in [-0.2, 0) is 0 Å². The molecule has 4 heteroatoms. The molecular formula is C6H2FIN2. The Morgan fingerprint density at radius 3 is 2.90 bits per heavy atom. The molecule has 0 radical (unpaired) electrons. The summed E-state index contributed by atoms with van der Waals surface area (Å²) in [6.07, 6.45) is 1.03. The maximum absolute atomic E-state index is 12.3. The minimum atomic E-state index is -0.414. The second-order valence-electron chi connectivity index (χ2n) is 1.60. The van der Waals surface area contributed by atoms with Gasteiger partial charge in [-0.15, -0.1) is 0 Å². The van der Waals surface area contributed by atoms with E-state index in [1.807, 2.05) is 28.7 Å². The first-order valence-electron chi connectivity index (χ1n) is 2.45. The van der Waals surface area contributed by atoms with Crippen LogP contribution in [0.3, 0.4) is 0 Å². The van der Waals surface area contributed by atoms with Crippen LogP contribution in [0.1, 0.15) is 5.69 Å². The number of aromatic nitrogens is 1. The van der Waals surface area contributed by atoms with Gasteiger partial charge in [0.15, 0.2) is 5.69 Å². The third kappa shape index (κ3) is 1.42. The van der Waals surface area contributed by atoms with Gasteiger partial charge in [-0.05, 0) is 28.7 Å². The molecular weight excluding hydrogens is 246 g/mol. The Morgan fingerprint density at radius 1 is 1.70 bits per heavy atom. The second-order valence-corrected chi connectivity index (χ2v) is 2.76. The summed E-state index contributed by atoms with van der Waals surface area (Å²) in [5, 5.41) is 8.37. The topological polar surface area (TPSA) is 36.7 Å². The smallest absolute Gasteiger partial charge is 0.153 e. The highest BCUT2D eigenvalue weighted by Gasteiger charge is 1.99. The van der Waals surface area contributed by atoms with E-state index in [0.717, 1.165) is 6.20 Å². The van der Waals surface area contributed by atoms with Gasteiger partial charge >= 0.3 is 0 Å². The highest BCUT2D eigenvalue weighted by molar-refractivity contribution is 14.1. The molecule has 0 aliphatic heterocycles. The van der Waals surface area contributed by atoms with Crippen molar-refractivity contribution in [1.82, 2.24) is 4.98 Å². The third-order valence-electron chi connectivity index (χ3n) is 0.914. The Labute approximate surface area is 70.8 Å². The van der Waals surface area contributed by atoms with Crippen LogP contribution in [0.25, 0.3) is 0 Å². The Morgan fingerprint density at radius 2 is 2.40 bits per heavy atom. The first kappa shape index (κ1) is 7.41. The second kappa shape index (κ2) is 2.92. The van der Waals surface area contributed by atoms with Gasteiger partial charge in [0, 0.05) is 0 Å². The van der Waals surface area contributed by atoms with Crippen molar-refractivity contribution in [3.8, 4) is 6.07 Å². The average Bonchev–Trinajstić information content (AvgIpc) is 1.88. The first-order chi connectivity index (χ1) is 4.74. The fourth-order valence-electron chi connectivity index (χ4n) is 0.497. The highest BCUT2D eigenvalue weighted by Crippen LogP contribution is 2.08. The van der Waals surface area contributed by atoms with Gasteiger partial charge in [-0.1, -0.05) is 0 Å². The Kier molecular flexibility index (Phi) is 2.17. The number of hydrogen-bond acceptors (Lipinski definition) is 2. The lowest BCUT2D eigenvalue weighted by Crippen LogP contribution is -1.88. The molecule has 0 atom stereocenters. The Balaban J connectivity index is 3.23. The van der Waals surface area contributed by atoms with E-state index in [9.17, 15) is 4.39 Å².